The molecule has 0 amide bonds. The minimum Gasteiger partial charge on any atom is -0.508 e. The molecule has 0 radical (unpaired) electrons. The van der Waals surface area contributed by atoms with E-state index in [1.165, 1.54) is 12.0 Å². The smallest absolute Gasteiger partial charge is 0.115 e. The summed E-state index contributed by atoms with van der Waals surface area (Å²) in [5, 5.41) is 12.9. The van der Waals surface area contributed by atoms with E-state index in [2.05, 4.69) is 19.2 Å². The van der Waals surface area contributed by atoms with Gasteiger partial charge in [-0.2, -0.15) is 0 Å². The maximum Gasteiger partial charge on any atom is 0.115 e. The van der Waals surface area contributed by atoms with Crippen LogP contribution in [0.3, 0.4) is 0 Å². The van der Waals surface area contributed by atoms with E-state index in [1.807, 2.05) is 12.1 Å². The summed E-state index contributed by atoms with van der Waals surface area (Å²) in [6.07, 6.45) is 2.36. The zero-order valence-corrected chi connectivity index (χ0v) is 9.40. The van der Waals surface area contributed by atoms with E-state index in [-0.39, 0.29) is 0 Å². The van der Waals surface area contributed by atoms with Crippen molar-refractivity contribution in [1.29, 1.82) is 0 Å². The van der Waals surface area contributed by atoms with Crippen molar-refractivity contribution in [2.75, 3.05) is 0 Å². The molecule has 2 nitrogen and oxygen atoms in total. The lowest BCUT2D eigenvalue weighted by atomic mass is 9.90. The standard InChI is InChI=1S/C13H19NO/c1-3-13-12(8-9(2)14-13)10-4-6-11(15)7-5-10/h4-7,9,12-15H,3,8H2,1-2H3/t9-,12+,13+/m1/s1. The molecule has 1 aromatic carbocycles. The molecule has 1 heterocycles. The number of benzene rings is 1. The lowest BCUT2D eigenvalue weighted by Crippen LogP contribution is -2.28. The highest BCUT2D eigenvalue weighted by Gasteiger charge is 2.30. The number of phenols is 1. The Kier molecular flexibility index (Phi) is 2.96. The maximum atomic E-state index is 9.26. The van der Waals surface area contributed by atoms with Gasteiger partial charge in [0.05, 0.1) is 0 Å². The van der Waals surface area contributed by atoms with Gasteiger partial charge in [-0.05, 0) is 37.5 Å². The third kappa shape index (κ3) is 2.15. The lowest BCUT2D eigenvalue weighted by Gasteiger charge is -2.18. The highest BCUT2D eigenvalue weighted by Crippen LogP contribution is 2.32. The molecule has 2 N–H and O–H groups in total. The Bertz CT molecular complexity index is 320. The number of rotatable bonds is 2. The molecule has 0 aliphatic carbocycles. The van der Waals surface area contributed by atoms with Crippen molar-refractivity contribution >= 4 is 0 Å². The third-order valence-corrected chi connectivity index (χ3v) is 3.35. The molecule has 1 fully saturated rings. The molecule has 2 heteroatoms. The lowest BCUT2D eigenvalue weighted by molar-refractivity contribution is 0.474. The zero-order valence-electron chi connectivity index (χ0n) is 9.40. The Morgan fingerprint density at radius 2 is 2.00 bits per heavy atom. The molecule has 3 atom stereocenters. The average Bonchev–Trinajstić information content (AvgIpc) is 2.61. The van der Waals surface area contributed by atoms with Gasteiger partial charge in [-0.15, -0.1) is 0 Å². The van der Waals surface area contributed by atoms with E-state index in [1.54, 1.807) is 12.1 Å². The van der Waals surface area contributed by atoms with Gasteiger partial charge in [-0.3, -0.25) is 0 Å². The molecule has 0 aromatic heterocycles. The van der Waals surface area contributed by atoms with Crippen molar-refractivity contribution in [3.05, 3.63) is 29.8 Å². The van der Waals surface area contributed by atoms with Gasteiger partial charge in [0.2, 0.25) is 0 Å². The Morgan fingerprint density at radius 3 is 2.60 bits per heavy atom. The molecule has 0 bridgehead atoms. The second-order valence-electron chi connectivity index (χ2n) is 4.52. The van der Waals surface area contributed by atoms with Gasteiger partial charge in [0.15, 0.2) is 0 Å². The van der Waals surface area contributed by atoms with Crippen LogP contribution in [0.1, 0.15) is 38.2 Å². The molecular formula is C13H19NO. The molecule has 1 aliphatic rings. The van der Waals surface area contributed by atoms with Gasteiger partial charge < -0.3 is 10.4 Å². The summed E-state index contributed by atoms with van der Waals surface area (Å²) in [6, 6.07) is 8.85. The summed E-state index contributed by atoms with van der Waals surface area (Å²) < 4.78 is 0. The van der Waals surface area contributed by atoms with Gasteiger partial charge in [-0.1, -0.05) is 19.1 Å². The highest BCUT2D eigenvalue weighted by atomic mass is 16.3. The topological polar surface area (TPSA) is 32.3 Å². The van der Waals surface area contributed by atoms with Crippen LogP contribution in [0.5, 0.6) is 5.75 Å². The second kappa shape index (κ2) is 4.23. The van der Waals surface area contributed by atoms with Crippen LogP contribution in [0.15, 0.2) is 24.3 Å². The van der Waals surface area contributed by atoms with E-state index < -0.39 is 0 Å². The van der Waals surface area contributed by atoms with Crippen LogP contribution in [0, 0.1) is 0 Å². The summed E-state index contributed by atoms with van der Waals surface area (Å²) >= 11 is 0. The highest BCUT2D eigenvalue weighted by molar-refractivity contribution is 5.30. The monoisotopic (exact) mass is 205 g/mol. The van der Waals surface area contributed by atoms with E-state index in [0.717, 1.165) is 6.42 Å². The Morgan fingerprint density at radius 1 is 1.33 bits per heavy atom. The average molecular weight is 205 g/mol. The normalized spacial score (nSPS) is 30.7. The quantitative estimate of drug-likeness (QED) is 0.778. The van der Waals surface area contributed by atoms with Crippen LogP contribution in [0.2, 0.25) is 0 Å². The molecule has 1 aliphatic heterocycles. The first-order valence-electron chi connectivity index (χ1n) is 5.75. The van der Waals surface area contributed by atoms with Gasteiger partial charge in [0, 0.05) is 18.0 Å². The molecule has 1 saturated heterocycles. The summed E-state index contributed by atoms with van der Waals surface area (Å²) in [5.41, 5.74) is 1.34. The molecule has 2 rings (SSSR count). The van der Waals surface area contributed by atoms with Crippen LogP contribution in [0.25, 0.3) is 0 Å². The van der Waals surface area contributed by atoms with Gasteiger partial charge in [0.1, 0.15) is 5.75 Å². The van der Waals surface area contributed by atoms with Crippen LogP contribution in [0.4, 0.5) is 0 Å². The maximum absolute atomic E-state index is 9.26. The minimum atomic E-state index is 0.353. The van der Waals surface area contributed by atoms with Crippen molar-refractivity contribution in [3.63, 3.8) is 0 Å². The molecule has 0 spiro atoms. The van der Waals surface area contributed by atoms with E-state index in [9.17, 15) is 5.11 Å². The number of hydrogen-bond donors (Lipinski definition) is 2. The Labute approximate surface area is 91.3 Å². The van der Waals surface area contributed by atoms with Gasteiger partial charge in [-0.25, -0.2) is 0 Å². The van der Waals surface area contributed by atoms with Crippen molar-refractivity contribution < 1.29 is 5.11 Å². The number of aromatic hydroxyl groups is 1. The second-order valence-corrected chi connectivity index (χ2v) is 4.52. The number of nitrogens with one attached hydrogen (secondary N) is 1. The van der Waals surface area contributed by atoms with Crippen LogP contribution < -0.4 is 5.32 Å². The molecule has 1 aromatic rings. The van der Waals surface area contributed by atoms with Crippen LogP contribution in [-0.2, 0) is 0 Å². The SMILES string of the molecule is CC[C@@H]1N[C@H](C)C[C@H]1c1ccc(O)cc1. The number of hydrogen-bond acceptors (Lipinski definition) is 2. The minimum absolute atomic E-state index is 0.353. The summed E-state index contributed by atoms with van der Waals surface area (Å²) in [6.45, 7) is 4.46. The fourth-order valence-corrected chi connectivity index (χ4v) is 2.59. The molecule has 15 heavy (non-hydrogen) atoms. The fourth-order valence-electron chi connectivity index (χ4n) is 2.59. The van der Waals surface area contributed by atoms with Crippen LogP contribution in [-0.4, -0.2) is 17.2 Å². The first-order valence-corrected chi connectivity index (χ1v) is 5.75. The van der Waals surface area contributed by atoms with E-state index in [0.29, 0.717) is 23.8 Å². The Hall–Kier alpha value is -1.02. The predicted octanol–water partition coefficient (Wildman–Crippen LogP) is 2.64. The fraction of sp³-hybridized carbons (Fsp3) is 0.538. The predicted molar refractivity (Wildman–Crippen MR) is 62.1 cm³/mol. The van der Waals surface area contributed by atoms with E-state index in [4.69, 9.17) is 0 Å². The summed E-state index contributed by atoms with van der Waals surface area (Å²) in [5.74, 6) is 0.955. The first-order chi connectivity index (χ1) is 7.20. The third-order valence-electron chi connectivity index (χ3n) is 3.35. The molecule has 0 unspecified atom stereocenters. The number of phenolic OH excluding ortho intramolecular Hbond substituents is 1. The van der Waals surface area contributed by atoms with Crippen molar-refractivity contribution in [2.45, 2.75) is 44.7 Å². The zero-order chi connectivity index (χ0) is 10.8. The molecular weight excluding hydrogens is 186 g/mol. The van der Waals surface area contributed by atoms with Crippen molar-refractivity contribution in [1.82, 2.24) is 5.32 Å². The largest absolute Gasteiger partial charge is 0.508 e. The van der Waals surface area contributed by atoms with Gasteiger partial charge in [0.25, 0.3) is 0 Å². The first kappa shape index (κ1) is 10.5. The molecule has 82 valence electrons. The van der Waals surface area contributed by atoms with Crippen molar-refractivity contribution in [3.8, 4) is 5.75 Å². The van der Waals surface area contributed by atoms with E-state index >= 15 is 0 Å². The van der Waals surface area contributed by atoms with Crippen LogP contribution >= 0.6 is 0 Å². The Balaban J connectivity index is 2.19. The summed E-state index contributed by atoms with van der Waals surface area (Å²) in [7, 11) is 0. The summed E-state index contributed by atoms with van der Waals surface area (Å²) in [4.78, 5) is 0. The van der Waals surface area contributed by atoms with Gasteiger partial charge >= 0.3 is 0 Å². The molecule has 0 saturated carbocycles. The van der Waals surface area contributed by atoms with Crippen molar-refractivity contribution in [2.24, 2.45) is 0 Å².